The molecule has 0 radical (unpaired) electrons. The Kier molecular flexibility index (Phi) is 9.49. The van der Waals surface area contributed by atoms with E-state index >= 15 is 0 Å². The molecule has 0 unspecified atom stereocenters. The first kappa shape index (κ1) is 26.5. The molecular formula is C28H33ClN2O4. The number of hydrogen-bond donors (Lipinski definition) is 0. The van der Waals surface area contributed by atoms with E-state index in [0.717, 1.165) is 29.8 Å². The summed E-state index contributed by atoms with van der Waals surface area (Å²) in [6.45, 7) is 6.20. The molecule has 0 saturated heterocycles. The summed E-state index contributed by atoms with van der Waals surface area (Å²) < 4.78 is 13.0. The molecule has 3 aromatic rings. The molecule has 186 valence electrons. The van der Waals surface area contributed by atoms with Gasteiger partial charge in [0.05, 0.1) is 31.6 Å². The minimum absolute atomic E-state index is 0.0902. The molecule has 0 amide bonds. The highest BCUT2D eigenvalue weighted by atomic mass is 35.5. The SMILES string of the molecule is CCCCc1ncc(C(Cc2ccccc2)(C(=O)OCC)C(=O)OCC)n1Cc1ccccc1Cl. The van der Waals surface area contributed by atoms with E-state index in [0.29, 0.717) is 23.7 Å². The summed E-state index contributed by atoms with van der Waals surface area (Å²) in [6.07, 6.45) is 4.32. The van der Waals surface area contributed by atoms with Gasteiger partial charge < -0.3 is 14.0 Å². The second kappa shape index (κ2) is 12.5. The number of hydrogen-bond acceptors (Lipinski definition) is 5. The fourth-order valence-electron chi connectivity index (χ4n) is 4.20. The number of carbonyl (C=O) groups is 2. The lowest BCUT2D eigenvalue weighted by atomic mass is 9.78. The van der Waals surface area contributed by atoms with Crippen LogP contribution < -0.4 is 0 Å². The first-order valence-corrected chi connectivity index (χ1v) is 12.5. The quantitative estimate of drug-likeness (QED) is 0.243. The van der Waals surface area contributed by atoms with Crippen LogP contribution in [0, 0.1) is 0 Å². The average molecular weight is 497 g/mol. The fraction of sp³-hybridized carbons (Fsp3) is 0.393. The molecule has 1 heterocycles. The van der Waals surface area contributed by atoms with E-state index in [2.05, 4.69) is 11.9 Å². The Morgan fingerprint density at radius 3 is 2.17 bits per heavy atom. The lowest BCUT2D eigenvalue weighted by molar-refractivity contribution is -0.165. The lowest BCUT2D eigenvalue weighted by Gasteiger charge is -2.30. The number of halogens is 1. The van der Waals surface area contributed by atoms with Crippen LogP contribution in [0.1, 0.15) is 56.3 Å². The van der Waals surface area contributed by atoms with Crippen LogP contribution >= 0.6 is 11.6 Å². The Hall–Kier alpha value is -3.12. The molecule has 0 saturated carbocycles. The van der Waals surface area contributed by atoms with E-state index in [1.807, 2.05) is 59.2 Å². The summed E-state index contributed by atoms with van der Waals surface area (Å²) in [5.41, 5.74) is 0.414. The zero-order chi connectivity index (χ0) is 25.3. The van der Waals surface area contributed by atoms with Crippen LogP contribution in [0.5, 0.6) is 0 Å². The van der Waals surface area contributed by atoms with E-state index < -0.39 is 17.4 Å². The van der Waals surface area contributed by atoms with Crippen molar-refractivity contribution < 1.29 is 19.1 Å². The Morgan fingerprint density at radius 2 is 1.57 bits per heavy atom. The van der Waals surface area contributed by atoms with Gasteiger partial charge in [-0.3, -0.25) is 9.59 Å². The van der Waals surface area contributed by atoms with Crippen molar-refractivity contribution >= 4 is 23.5 Å². The molecular weight excluding hydrogens is 464 g/mol. The third-order valence-corrected chi connectivity index (χ3v) is 6.34. The summed E-state index contributed by atoms with van der Waals surface area (Å²) in [4.78, 5) is 32.1. The van der Waals surface area contributed by atoms with Gasteiger partial charge >= 0.3 is 11.9 Å². The van der Waals surface area contributed by atoms with Gasteiger partial charge in [-0.25, -0.2) is 4.98 Å². The standard InChI is InChI=1S/C28H33ClN2O4/c1-4-7-17-25-30-19-24(31(25)20-22-15-11-12-16-23(22)29)28(26(32)34-5-2,27(33)35-6-3)18-21-13-9-8-10-14-21/h8-16,19H,4-7,17-18,20H2,1-3H3. The van der Waals surface area contributed by atoms with Crippen molar-refractivity contribution in [3.05, 3.63) is 88.5 Å². The number of rotatable bonds is 12. The summed E-state index contributed by atoms with van der Waals surface area (Å²) in [7, 11) is 0. The number of imidazole rings is 1. The number of benzene rings is 2. The summed E-state index contributed by atoms with van der Waals surface area (Å²) >= 11 is 6.50. The van der Waals surface area contributed by atoms with Gasteiger partial charge in [-0.05, 0) is 37.5 Å². The first-order valence-electron chi connectivity index (χ1n) is 12.1. The van der Waals surface area contributed by atoms with Crippen LogP contribution in [-0.4, -0.2) is 34.7 Å². The highest BCUT2D eigenvalue weighted by Gasteiger charge is 2.53. The van der Waals surface area contributed by atoms with E-state index in [1.54, 1.807) is 20.0 Å². The van der Waals surface area contributed by atoms with E-state index in [4.69, 9.17) is 21.1 Å². The van der Waals surface area contributed by atoms with Crippen LogP contribution in [0.3, 0.4) is 0 Å². The molecule has 6 nitrogen and oxygen atoms in total. The topological polar surface area (TPSA) is 70.4 Å². The van der Waals surface area contributed by atoms with Crippen LogP contribution in [0.4, 0.5) is 0 Å². The van der Waals surface area contributed by atoms with Crippen molar-refractivity contribution in [1.29, 1.82) is 0 Å². The van der Waals surface area contributed by atoms with Crippen molar-refractivity contribution in [2.75, 3.05) is 13.2 Å². The predicted molar refractivity (Wildman–Crippen MR) is 136 cm³/mol. The van der Waals surface area contributed by atoms with E-state index in [-0.39, 0.29) is 19.6 Å². The maximum Gasteiger partial charge on any atom is 0.330 e. The highest BCUT2D eigenvalue weighted by molar-refractivity contribution is 6.31. The number of esters is 2. The van der Waals surface area contributed by atoms with Gasteiger partial charge in [-0.15, -0.1) is 0 Å². The molecule has 0 aliphatic carbocycles. The van der Waals surface area contributed by atoms with E-state index in [9.17, 15) is 9.59 Å². The third-order valence-electron chi connectivity index (χ3n) is 5.98. The Morgan fingerprint density at radius 1 is 0.943 bits per heavy atom. The molecule has 0 N–H and O–H groups in total. The van der Waals surface area contributed by atoms with E-state index in [1.165, 1.54) is 0 Å². The van der Waals surface area contributed by atoms with Gasteiger partial charge in [0.2, 0.25) is 5.41 Å². The maximum atomic E-state index is 13.7. The predicted octanol–water partition coefficient (Wildman–Crippen LogP) is 5.53. The molecule has 0 aliphatic heterocycles. The molecule has 35 heavy (non-hydrogen) atoms. The van der Waals surface area contributed by atoms with Crippen LogP contribution in [0.25, 0.3) is 0 Å². The van der Waals surface area contributed by atoms with Crippen molar-refractivity contribution in [3.63, 3.8) is 0 Å². The Bertz CT molecular complexity index is 1110. The maximum absolute atomic E-state index is 13.7. The zero-order valence-electron chi connectivity index (χ0n) is 20.6. The molecule has 0 fully saturated rings. The largest absolute Gasteiger partial charge is 0.465 e. The molecule has 0 spiro atoms. The van der Waals surface area contributed by atoms with Crippen molar-refractivity contribution in [2.24, 2.45) is 0 Å². The Labute approximate surface area is 212 Å². The monoisotopic (exact) mass is 496 g/mol. The van der Waals surface area contributed by atoms with Crippen LogP contribution in [0.2, 0.25) is 5.02 Å². The number of nitrogens with zero attached hydrogens (tertiary/aromatic N) is 2. The molecule has 7 heteroatoms. The fourth-order valence-corrected chi connectivity index (χ4v) is 4.40. The van der Waals surface area contributed by atoms with Crippen LogP contribution in [0.15, 0.2) is 60.8 Å². The van der Waals surface area contributed by atoms with Gasteiger partial charge in [0.15, 0.2) is 0 Å². The van der Waals surface area contributed by atoms with Crippen LogP contribution in [-0.2, 0) is 43.9 Å². The van der Waals surface area contributed by atoms with Crippen molar-refractivity contribution in [1.82, 2.24) is 9.55 Å². The average Bonchev–Trinajstić information content (AvgIpc) is 3.26. The second-order valence-corrected chi connectivity index (χ2v) is 8.76. The highest BCUT2D eigenvalue weighted by Crippen LogP contribution is 2.34. The molecule has 3 rings (SSSR count). The Balaban J connectivity index is 2.26. The van der Waals surface area contributed by atoms with Gasteiger partial charge in [0.25, 0.3) is 0 Å². The second-order valence-electron chi connectivity index (χ2n) is 8.35. The number of aryl methyl sites for hydroxylation is 1. The molecule has 2 aromatic carbocycles. The normalized spacial score (nSPS) is 11.3. The van der Waals surface area contributed by atoms with Gasteiger partial charge in [-0.2, -0.15) is 0 Å². The smallest absolute Gasteiger partial charge is 0.330 e. The summed E-state index contributed by atoms with van der Waals surface area (Å²) in [5.74, 6) is -0.512. The minimum Gasteiger partial charge on any atom is -0.465 e. The number of ether oxygens (including phenoxy) is 2. The minimum atomic E-state index is -1.72. The lowest BCUT2D eigenvalue weighted by Crippen LogP contribution is -2.49. The van der Waals surface area contributed by atoms with Gasteiger partial charge in [0, 0.05) is 17.9 Å². The van der Waals surface area contributed by atoms with Crippen molar-refractivity contribution in [2.45, 2.75) is 58.4 Å². The molecule has 0 atom stereocenters. The third kappa shape index (κ3) is 5.93. The number of unbranched alkanes of at least 4 members (excludes halogenated alkanes) is 1. The van der Waals surface area contributed by atoms with Gasteiger partial charge in [0.1, 0.15) is 5.82 Å². The molecule has 1 aromatic heterocycles. The summed E-state index contributed by atoms with van der Waals surface area (Å²) in [6, 6.07) is 17.0. The molecule has 0 aliphatic rings. The first-order chi connectivity index (χ1) is 17.0. The van der Waals surface area contributed by atoms with Crippen molar-refractivity contribution in [3.8, 4) is 0 Å². The zero-order valence-corrected chi connectivity index (χ0v) is 21.4. The number of aromatic nitrogens is 2. The van der Waals surface area contributed by atoms with Gasteiger partial charge in [-0.1, -0.05) is 73.5 Å². The number of carbonyl (C=O) groups excluding carboxylic acids is 2. The molecule has 0 bridgehead atoms. The summed E-state index contributed by atoms with van der Waals surface area (Å²) in [5, 5.41) is 0.606.